The van der Waals surface area contributed by atoms with Gasteiger partial charge < -0.3 is 15.5 Å². The number of ketones is 1. The van der Waals surface area contributed by atoms with Gasteiger partial charge in [-0.05, 0) is 36.0 Å². The molecule has 1 amide bonds. The van der Waals surface area contributed by atoms with E-state index in [-0.39, 0.29) is 23.7 Å². The van der Waals surface area contributed by atoms with Crippen LogP contribution in [0.4, 0.5) is 5.69 Å². The van der Waals surface area contributed by atoms with E-state index in [1.807, 2.05) is 6.92 Å². The Bertz CT molecular complexity index is 1080. The lowest BCUT2D eigenvalue weighted by Gasteiger charge is -2.30. The van der Waals surface area contributed by atoms with E-state index < -0.39 is 0 Å². The number of furan rings is 1. The number of aryl methyl sites for hydroxylation is 1. The van der Waals surface area contributed by atoms with Crippen LogP contribution in [0.25, 0.3) is 10.2 Å². The number of thiophene rings is 1. The van der Waals surface area contributed by atoms with Crippen LogP contribution >= 0.6 is 11.3 Å². The molecule has 4 rings (SSSR count). The van der Waals surface area contributed by atoms with E-state index in [1.54, 1.807) is 18.4 Å². The summed E-state index contributed by atoms with van der Waals surface area (Å²) in [7, 11) is 0. The standard InChI is InChI=1S/C21H23N3O3S/c1-4-12-15-13(8-21(2,3)9-14(15)25)24-20-16(12)17(22)18(28-20)19(26)23-10-11-6-5-7-27-11/h5-7H,4,8-10,22H2,1-3H3,(H,23,26). The lowest BCUT2D eigenvalue weighted by atomic mass is 9.74. The van der Waals surface area contributed by atoms with E-state index >= 15 is 0 Å². The molecule has 3 aromatic rings. The van der Waals surface area contributed by atoms with Crippen LogP contribution in [-0.2, 0) is 19.4 Å². The number of nitrogens with one attached hydrogen (secondary N) is 1. The van der Waals surface area contributed by atoms with Crippen LogP contribution in [0.1, 0.15) is 64.2 Å². The zero-order chi connectivity index (χ0) is 20.1. The van der Waals surface area contributed by atoms with Gasteiger partial charge in [0.1, 0.15) is 15.5 Å². The molecule has 0 bridgehead atoms. The van der Waals surface area contributed by atoms with Gasteiger partial charge in [-0.15, -0.1) is 11.3 Å². The number of hydrogen-bond donors (Lipinski definition) is 2. The fourth-order valence-electron chi connectivity index (χ4n) is 3.96. The van der Waals surface area contributed by atoms with Gasteiger partial charge in [-0.2, -0.15) is 0 Å². The topological polar surface area (TPSA) is 98.2 Å². The highest BCUT2D eigenvalue weighted by atomic mass is 32.1. The van der Waals surface area contributed by atoms with Gasteiger partial charge in [-0.3, -0.25) is 9.59 Å². The summed E-state index contributed by atoms with van der Waals surface area (Å²) < 4.78 is 5.25. The average molecular weight is 398 g/mol. The van der Waals surface area contributed by atoms with Crippen molar-refractivity contribution < 1.29 is 14.0 Å². The quantitative estimate of drug-likeness (QED) is 0.690. The fourth-order valence-corrected chi connectivity index (χ4v) is 5.02. The summed E-state index contributed by atoms with van der Waals surface area (Å²) in [5.74, 6) is 0.527. The van der Waals surface area contributed by atoms with Crippen molar-refractivity contribution >= 4 is 38.9 Å². The first-order valence-electron chi connectivity index (χ1n) is 9.38. The van der Waals surface area contributed by atoms with Crippen LogP contribution in [0.5, 0.6) is 0 Å². The number of carbonyl (C=O) groups is 2. The molecular weight excluding hydrogens is 374 g/mol. The van der Waals surface area contributed by atoms with E-state index in [0.717, 1.165) is 27.9 Å². The van der Waals surface area contributed by atoms with Crippen LogP contribution in [0, 0.1) is 5.41 Å². The second kappa shape index (κ2) is 6.74. The van der Waals surface area contributed by atoms with E-state index in [1.165, 1.54) is 11.3 Å². The molecule has 0 unspecified atom stereocenters. The average Bonchev–Trinajstić information content (AvgIpc) is 3.25. The number of fused-ring (bicyclic) bond motifs is 2. The Morgan fingerprint density at radius 3 is 2.86 bits per heavy atom. The molecule has 6 nitrogen and oxygen atoms in total. The van der Waals surface area contributed by atoms with Crippen LogP contribution in [0.2, 0.25) is 0 Å². The number of pyridine rings is 1. The predicted octanol–water partition coefficient (Wildman–Crippen LogP) is 4.12. The summed E-state index contributed by atoms with van der Waals surface area (Å²) in [6.07, 6.45) is 3.48. The summed E-state index contributed by atoms with van der Waals surface area (Å²) in [4.78, 5) is 31.5. The Balaban J connectivity index is 1.78. The maximum absolute atomic E-state index is 12.8. The Kier molecular flexibility index (Phi) is 4.50. The van der Waals surface area contributed by atoms with E-state index in [0.29, 0.717) is 34.7 Å². The van der Waals surface area contributed by atoms with Crippen LogP contribution < -0.4 is 11.1 Å². The summed E-state index contributed by atoms with van der Waals surface area (Å²) >= 11 is 1.28. The largest absolute Gasteiger partial charge is 0.467 e. The van der Waals surface area contributed by atoms with Gasteiger partial charge in [0.2, 0.25) is 0 Å². The molecule has 146 valence electrons. The highest BCUT2D eigenvalue weighted by Crippen LogP contribution is 2.42. The zero-order valence-corrected chi connectivity index (χ0v) is 17.0. The third-order valence-corrected chi connectivity index (χ3v) is 6.28. The molecule has 0 atom stereocenters. The zero-order valence-electron chi connectivity index (χ0n) is 16.2. The monoisotopic (exact) mass is 397 g/mol. The number of nitrogens with zero attached hydrogens (tertiary/aromatic N) is 1. The molecule has 0 aromatic carbocycles. The Morgan fingerprint density at radius 2 is 2.18 bits per heavy atom. The molecule has 28 heavy (non-hydrogen) atoms. The highest BCUT2D eigenvalue weighted by molar-refractivity contribution is 7.21. The fraction of sp³-hybridized carbons (Fsp3) is 0.381. The van der Waals surface area contributed by atoms with Crippen molar-refractivity contribution in [2.24, 2.45) is 5.41 Å². The lowest BCUT2D eigenvalue weighted by molar-refractivity contribution is 0.0908. The number of hydrogen-bond acceptors (Lipinski definition) is 6. The minimum absolute atomic E-state index is 0.109. The van der Waals surface area contributed by atoms with Crippen molar-refractivity contribution in [2.45, 2.75) is 46.6 Å². The van der Waals surface area contributed by atoms with Crippen molar-refractivity contribution in [3.63, 3.8) is 0 Å². The lowest BCUT2D eigenvalue weighted by Crippen LogP contribution is -2.29. The van der Waals surface area contributed by atoms with Crippen molar-refractivity contribution in [2.75, 3.05) is 5.73 Å². The van der Waals surface area contributed by atoms with Gasteiger partial charge in [0.25, 0.3) is 5.91 Å². The molecule has 0 aliphatic heterocycles. The van der Waals surface area contributed by atoms with Crippen LogP contribution in [0.3, 0.4) is 0 Å². The summed E-state index contributed by atoms with van der Waals surface area (Å²) in [6, 6.07) is 3.57. The van der Waals surface area contributed by atoms with Gasteiger partial charge in [0.15, 0.2) is 5.78 Å². The minimum atomic E-state index is -0.261. The molecule has 0 fully saturated rings. The van der Waals surface area contributed by atoms with Gasteiger partial charge in [0, 0.05) is 17.4 Å². The maximum Gasteiger partial charge on any atom is 0.263 e. The van der Waals surface area contributed by atoms with E-state index in [9.17, 15) is 9.59 Å². The second-order valence-electron chi connectivity index (χ2n) is 7.99. The third-order valence-electron chi connectivity index (χ3n) is 5.18. The Morgan fingerprint density at radius 1 is 1.39 bits per heavy atom. The summed E-state index contributed by atoms with van der Waals surface area (Å²) in [5, 5.41) is 3.59. The molecule has 0 spiro atoms. The molecule has 1 aliphatic carbocycles. The van der Waals surface area contributed by atoms with Crippen LogP contribution in [0.15, 0.2) is 22.8 Å². The summed E-state index contributed by atoms with van der Waals surface area (Å²) in [5.41, 5.74) is 9.12. The normalized spacial score (nSPS) is 15.6. The van der Waals surface area contributed by atoms with E-state index in [4.69, 9.17) is 15.1 Å². The number of nitrogen functional groups attached to an aromatic ring is 1. The molecule has 7 heteroatoms. The number of rotatable bonds is 4. The number of aromatic nitrogens is 1. The van der Waals surface area contributed by atoms with Gasteiger partial charge in [-0.25, -0.2) is 4.98 Å². The predicted molar refractivity (Wildman–Crippen MR) is 110 cm³/mol. The van der Waals surface area contributed by atoms with E-state index in [2.05, 4.69) is 19.2 Å². The molecule has 0 saturated carbocycles. The molecule has 0 saturated heterocycles. The van der Waals surface area contributed by atoms with Crippen molar-refractivity contribution in [3.05, 3.63) is 45.9 Å². The smallest absolute Gasteiger partial charge is 0.263 e. The van der Waals surface area contributed by atoms with Crippen molar-refractivity contribution in [1.29, 1.82) is 0 Å². The maximum atomic E-state index is 12.8. The van der Waals surface area contributed by atoms with Gasteiger partial charge in [-0.1, -0.05) is 20.8 Å². The number of amides is 1. The molecule has 3 N–H and O–H groups in total. The molecule has 1 aliphatic rings. The molecule has 3 heterocycles. The SMILES string of the molecule is CCc1c2c(nc3sc(C(=O)NCc4ccco4)c(N)c13)CC(C)(C)CC2=O. The Labute approximate surface area is 167 Å². The van der Waals surface area contributed by atoms with Gasteiger partial charge in [0.05, 0.1) is 24.2 Å². The summed E-state index contributed by atoms with van der Waals surface area (Å²) in [6.45, 7) is 6.47. The molecule has 0 radical (unpaired) electrons. The Hall–Kier alpha value is -2.67. The molecular formula is C21H23N3O3S. The number of Topliss-reactive ketones (excluding diaryl/α,β-unsaturated/α-hetero) is 1. The number of carbonyl (C=O) groups excluding carboxylic acids is 2. The van der Waals surface area contributed by atoms with Crippen molar-refractivity contribution in [1.82, 2.24) is 10.3 Å². The van der Waals surface area contributed by atoms with Crippen LogP contribution in [-0.4, -0.2) is 16.7 Å². The highest BCUT2D eigenvalue weighted by Gasteiger charge is 2.35. The van der Waals surface area contributed by atoms with Gasteiger partial charge >= 0.3 is 0 Å². The first kappa shape index (κ1) is 18.7. The first-order valence-corrected chi connectivity index (χ1v) is 10.2. The first-order chi connectivity index (χ1) is 13.3. The number of anilines is 1. The van der Waals surface area contributed by atoms with Crippen molar-refractivity contribution in [3.8, 4) is 0 Å². The number of nitrogens with two attached hydrogens (primary N) is 1. The molecule has 3 aromatic heterocycles. The minimum Gasteiger partial charge on any atom is -0.467 e. The third kappa shape index (κ3) is 3.09. The second-order valence-corrected chi connectivity index (χ2v) is 8.99.